The second-order valence-electron chi connectivity index (χ2n) is 10.1. The van der Waals surface area contributed by atoms with E-state index in [1.807, 2.05) is 13.8 Å². The van der Waals surface area contributed by atoms with Crippen LogP contribution in [0.5, 0.6) is 11.5 Å². The summed E-state index contributed by atoms with van der Waals surface area (Å²) in [5.74, 6) is -3.03. The topological polar surface area (TPSA) is 165 Å². The summed E-state index contributed by atoms with van der Waals surface area (Å²) in [6.45, 7) is 7.19. The number of benzene rings is 2. The second kappa shape index (κ2) is 14.0. The molecule has 0 aromatic heterocycles. The van der Waals surface area contributed by atoms with Crippen molar-refractivity contribution < 1.29 is 34.5 Å². The van der Waals surface area contributed by atoms with Crippen LogP contribution in [0, 0.1) is 11.8 Å². The number of aliphatic carboxylic acids is 1. The molecule has 0 aliphatic heterocycles. The Morgan fingerprint density at radius 1 is 0.684 bits per heavy atom. The first-order valence-corrected chi connectivity index (χ1v) is 12.5. The van der Waals surface area contributed by atoms with E-state index >= 15 is 0 Å². The number of rotatable bonds is 13. The van der Waals surface area contributed by atoms with Crippen LogP contribution in [0.2, 0.25) is 0 Å². The lowest BCUT2D eigenvalue weighted by Crippen LogP contribution is -2.58. The summed E-state index contributed by atoms with van der Waals surface area (Å²) in [6.07, 6.45) is 0.320. The zero-order valence-electron chi connectivity index (χ0n) is 22.1. The van der Waals surface area contributed by atoms with Crippen molar-refractivity contribution >= 4 is 23.7 Å². The first-order valence-electron chi connectivity index (χ1n) is 12.5. The lowest BCUT2D eigenvalue weighted by molar-refractivity contribution is -0.142. The number of carboxylic acid groups (broad SMARTS) is 1. The van der Waals surface area contributed by atoms with E-state index in [2.05, 4.69) is 16.0 Å². The number of carbonyl (C=O) groups is 4. The lowest BCUT2D eigenvalue weighted by atomic mass is 9.99. The van der Waals surface area contributed by atoms with Gasteiger partial charge in [-0.25, -0.2) is 4.79 Å². The van der Waals surface area contributed by atoms with Gasteiger partial charge in [0.15, 0.2) is 0 Å². The molecule has 206 valence electrons. The number of carboxylic acids is 1. The number of carbonyl (C=O) groups excluding carboxylic acids is 3. The van der Waals surface area contributed by atoms with Gasteiger partial charge in [0.1, 0.15) is 29.6 Å². The Bertz CT molecular complexity index is 1100. The van der Waals surface area contributed by atoms with E-state index in [0.717, 1.165) is 0 Å². The Morgan fingerprint density at radius 3 is 1.58 bits per heavy atom. The fourth-order valence-corrected chi connectivity index (χ4v) is 3.82. The van der Waals surface area contributed by atoms with Gasteiger partial charge in [0.05, 0.1) is 0 Å². The van der Waals surface area contributed by atoms with Gasteiger partial charge in [0.25, 0.3) is 0 Å². The highest BCUT2D eigenvalue weighted by molar-refractivity contribution is 5.93. The monoisotopic (exact) mass is 527 g/mol. The number of aromatic hydroxyl groups is 2. The Balaban J connectivity index is 2.18. The summed E-state index contributed by atoms with van der Waals surface area (Å²) in [7, 11) is 0. The van der Waals surface area contributed by atoms with E-state index in [1.165, 1.54) is 24.3 Å². The maximum atomic E-state index is 13.3. The Hall–Kier alpha value is -4.08. The number of hydrogen-bond acceptors (Lipinski definition) is 6. The Kier molecular flexibility index (Phi) is 11.1. The molecule has 0 bridgehead atoms. The van der Waals surface area contributed by atoms with E-state index in [0.29, 0.717) is 11.1 Å². The molecule has 0 aliphatic carbocycles. The maximum Gasteiger partial charge on any atom is 0.326 e. The molecule has 3 atom stereocenters. The molecule has 2 rings (SSSR count). The van der Waals surface area contributed by atoms with Crippen LogP contribution in [0.1, 0.15) is 45.2 Å². The molecule has 0 saturated carbocycles. The van der Waals surface area contributed by atoms with Gasteiger partial charge in [0, 0.05) is 19.3 Å². The van der Waals surface area contributed by atoms with Gasteiger partial charge >= 0.3 is 5.97 Å². The van der Waals surface area contributed by atoms with Crippen LogP contribution in [0.4, 0.5) is 0 Å². The highest BCUT2D eigenvalue weighted by Crippen LogP contribution is 2.14. The second-order valence-corrected chi connectivity index (χ2v) is 10.1. The predicted octanol–water partition coefficient (Wildman–Crippen LogP) is 2.12. The van der Waals surface area contributed by atoms with Crippen LogP contribution in [-0.2, 0) is 32.0 Å². The fourth-order valence-electron chi connectivity index (χ4n) is 3.82. The average molecular weight is 528 g/mol. The molecular formula is C28H37N3O7. The van der Waals surface area contributed by atoms with Crippen molar-refractivity contribution in [2.45, 2.75) is 65.1 Å². The molecule has 0 radical (unpaired) electrons. The van der Waals surface area contributed by atoms with E-state index in [4.69, 9.17) is 0 Å². The Morgan fingerprint density at radius 2 is 1.16 bits per heavy atom. The molecule has 38 heavy (non-hydrogen) atoms. The van der Waals surface area contributed by atoms with Crippen molar-refractivity contribution in [2.24, 2.45) is 11.8 Å². The molecule has 2 aromatic rings. The number of phenols is 2. The number of nitrogens with one attached hydrogen (secondary N) is 3. The van der Waals surface area contributed by atoms with Crippen LogP contribution >= 0.6 is 0 Å². The maximum absolute atomic E-state index is 13.3. The fraction of sp³-hybridized carbons (Fsp3) is 0.429. The molecule has 0 fully saturated rings. The van der Waals surface area contributed by atoms with Crippen LogP contribution < -0.4 is 16.0 Å². The van der Waals surface area contributed by atoms with E-state index in [9.17, 15) is 34.5 Å². The molecule has 3 unspecified atom stereocenters. The third kappa shape index (κ3) is 9.76. The summed E-state index contributed by atoms with van der Waals surface area (Å²) < 4.78 is 0. The van der Waals surface area contributed by atoms with Crippen molar-refractivity contribution in [3.8, 4) is 11.5 Å². The third-order valence-electron chi connectivity index (χ3n) is 5.86. The summed E-state index contributed by atoms with van der Waals surface area (Å²) in [6, 6.07) is 8.89. The molecule has 0 saturated heterocycles. The summed E-state index contributed by atoms with van der Waals surface area (Å²) in [4.78, 5) is 50.8. The van der Waals surface area contributed by atoms with Crippen molar-refractivity contribution in [3.05, 3.63) is 59.7 Å². The zero-order valence-corrected chi connectivity index (χ0v) is 22.1. The van der Waals surface area contributed by atoms with E-state index in [1.54, 1.807) is 38.1 Å². The van der Waals surface area contributed by atoms with Crippen LogP contribution in [0.3, 0.4) is 0 Å². The van der Waals surface area contributed by atoms with Gasteiger partial charge in [-0.2, -0.15) is 0 Å². The first kappa shape index (κ1) is 30.1. The van der Waals surface area contributed by atoms with Crippen LogP contribution in [0.15, 0.2) is 48.5 Å². The minimum absolute atomic E-state index is 0.0190. The number of amides is 3. The third-order valence-corrected chi connectivity index (χ3v) is 5.86. The largest absolute Gasteiger partial charge is 0.508 e. The first-order chi connectivity index (χ1) is 17.8. The number of phenolic OH excluding ortho intramolecular Hbond substituents is 2. The molecular weight excluding hydrogens is 490 g/mol. The molecule has 0 aliphatic rings. The molecule has 2 aromatic carbocycles. The smallest absolute Gasteiger partial charge is 0.326 e. The van der Waals surface area contributed by atoms with E-state index < -0.39 is 35.9 Å². The van der Waals surface area contributed by atoms with Gasteiger partial charge in [-0.15, -0.1) is 0 Å². The minimum Gasteiger partial charge on any atom is -0.508 e. The lowest BCUT2D eigenvalue weighted by Gasteiger charge is -2.27. The highest BCUT2D eigenvalue weighted by Gasteiger charge is 2.31. The molecule has 3 amide bonds. The normalized spacial score (nSPS) is 13.4. The van der Waals surface area contributed by atoms with Crippen LogP contribution in [0.25, 0.3) is 0 Å². The summed E-state index contributed by atoms with van der Waals surface area (Å²) in [5, 5.41) is 36.6. The van der Waals surface area contributed by atoms with Gasteiger partial charge in [-0.3, -0.25) is 14.4 Å². The van der Waals surface area contributed by atoms with Crippen molar-refractivity contribution in [1.29, 1.82) is 0 Å². The van der Waals surface area contributed by atoms with Gasteiger partial charge in [-0.05, 0) is 47.2 Å². The molecule has 0 heterocycles. The molecule has 6 N–H and O–H groups in total. The quantitative estimate of drug-likeness (QED) is 0.232. The predicted molar refractivity (Wildman–Crippen MR) is 141 cm³/mol. The van der Waals surface area contributed by atoms with Crippen molar-refractivity contribution in [2.75, 3.05) is 0 Å². The average Bonchev–Trinajstić information content (AvgIpc) is 2.83. The van der Waals surface area contributed by atoms with Crippen molar-refractivity contribution in [1.82, 2.24) is 16.0 Å². The molecule has 10 nitrogen and oxygen atoms in total. The Labute approximate surface area is 222 Å². The van der Waals surface area contributed by atoms with E-state index in [-0.39, 0.29) is 48.5 Å². The molecule has 10 heteroatoms. The summed E-state index contributed by atoms with van der Waals surface area (Å²) >= 11 is 0. The highest BCUT2D eigenvalue weighted by atomic mass is 16.4. The van der Waals surface area contributed by atoms with Gasteiger partial charge in [0.2, 0.25) is 17.7 Å². The number of hydrogen-bond donors (Lipinski definition) is 6. The molecule has 0 spiro atoms. The minimum atomic E-state index is -1.26. The summed E-state index contributed by atoms with van der Waals surface area (Å²) in [5.41, 5.74) is 1.29. The van der Waals surface area contributed by atoms with Gasteiger partial charge < -0.3 is 31.3 Å². The van der Waals surface area contributed by atoms with Crippen molar-refractivity contribution in [3.63, 3.8) is 0 Å². The zero-order chi connectivity index (χ0) is 28.4. The standard InChI is InChI=1S/C28H37N3O7/c1-16(2)13-24(34)29-22(14-18-5-9-20(32)10-6-18)26(35)31-25(17(3)4)27(36)30-23(28(37)38)15-19-7-11-21(33)12-8-19/h5-12,16-17,22-23,25,32-33H,13-15H2,1-4H3,(H,29,34)(H,30,36)(H,31,35)(H,37,38). The van der Waals surface area contributed by atoms with Crippen LogP contribution in [-0.4, -0.2) is 57.1 Å². The SMILES string of the molecule is CC(C)CC(=O)NC(Cc1ccc(O)cc1)C(=O)NC(C(=O)NC(Cc1ccc(O)cc1)C(=O)O)C(C)C. The van der Waals surface area contributed by atoms with Gasteiger partial charge in [-0.1, -0.05) is 52.0 Å².